The number of benzene rings is 1. The Hall–Kier alpha value is -2.70. The fraction of sp³-hybridized carbons (Fsp3) is 0.286. The van der Waals surface area contributed by atoms with Crippen LogP contribution in [-0.4, -0.2) is 31.3 Å². The summed E-state index contributed by atoms with van der Waals surface area (Å²) in [6.07, 6.45) is 0. The molecule has 1 aromatic carbocycles. The summed E-state index contributed by atoms with van der Waals surface area (Å²) in [5.74, 6) is -0.318. The van der Waals surface area contributed by atoms with Crippen LogP contribution in [0.15, 0.2) is 29.5 Å². The third-order valence-corrected chi connectivity index (χ3v) is 3.21. The number of methoxy groups -OCH3 is 2. The number of ether oxygens (including phenoxy) is 2. The van der Waals surface area contributed by atoms with E-state index in [0.29, 0.717) is 16.8 Å². The first-order valence-electron chi connectivity index (χ1n) is 6.21. The monoisotopic (exact) mass is 292 g/mol. The van der Waals surface area contributed by atoms with Gasteiger partial charge in [0.1, 0.15) is 0 Å². The van der Waals surface area contributed by atoms with Crippen LogP contribution in [-0.2, 0) is 9.53 Å². The molecule has 1 aliphatic heterocycles. The topological polar surface area (TPSA) is 96.9 Å². The Morgan fingerprint density at radius 3 is 2.67 bits per heavy atom. The molecule has 1 unspecified atom stereocenters. The second kappa shape index (κ2) is 5.74. The fourth-order valence-electron chi connectivity index (χ4n) is 2.20. The van der Waals surface area contributed by atoms with Gasteiger partial charge in [0.05, 0.1) is 25.8 Å². The summed E-state index contributed by atoms with van der Waals surface area (Å²) in [5.41, 5.74) is 1.31. The Kier molecular flexibility index (Phi) is 4.02. The van der Waals surface area contributed by atoms with Gasteiger partial charge in [-0.2, -0.15) is 0 Å². The van der Waals surface area contributed by atoms with Crippen molar-refractivity contribution in [1.29, 1.82) is 0 Å². The first-order valence-corrected chi connectivity index (χ1v) is 6.21. The summed E-state index contributed by atoms with van der Waals surface area (Å²) >= 11 is 0. The highest BCUT2D eigenvalue weighted by molar-refractivity contribution is 5.94. The number of amides is 2. The summed E-state index contributed by atoms with van der Waals surface area (Å²) < 4.78 is 9.80. The van der Waals surface area contributed by atoms with Crippen LogP contribution in [0, 0.1) is 0 Å². The van der Waals surface area contributed by atoms with Gasteiger partial charge in [0.25, 0.3) is 0 Å². The van der Waals surface area contributed by atoms with Crippen molar-refractivity contribution in [3.63, 3.8) is 0 Å². The van der Waals surface area contributed by atoms with E-state index in [1.807, 2.05) is 0 Å². The number of phenols is 1. The Bertz CT molecular complexity index is 624. The summed E-state index contributed by atoms with van der Waals surface area (Å²) in [7, 11) is 2.69. The van der Waals surface area contributed by atoms with E-state index in [0.717, 1.165) is 0 Å². The van der Waals surface area contributed by atoms with Crippen LogP contribution in [0.25, 0.3) is 0 Å². The number of aromatic hydroxyl groups is 1. The fourth-order valence-corrected chi connectivity index (χ4v) is 2.20. The third kappa shape index (κ3) is 2.76. The van der Waals surface area contributed by atoms with Gasteiger partial charge in [0.2, 0.25) is 0 Å². The Morgan fingerprint density at radius 2 is 2.05 bits per heavy atom. The van der Waals surface area contributed by atoms with E-state index in [1.54, 1.807) is 19.1 Å². The van der Waals surface area contributed by atoms with Crippen molar-refractivity contribution in [2.75, 3.05) is 14.2 Å². The molecule has 7 nitrogen and oxygen atoms in total. The molecule has 0 aromatic heterocycles. The highest BCUT2D eigenvalue weighted by atomic mass is 16.5. The van der Waals surface area contributed by atoms with Gasteiger partial charge in [-0.25, -0.2) is 9.59 Å². The normalized spacial score (nSPS) is 17.9. The number of urea groups is 1. The first-order chi connectivity index (χ1) is 9.97. The number of carbonyl (C=O) groups is 2. The minimum Gasteiger partial charge on any atom is -0.504 e. The van der Waals surface area contributed by atoms with Crippen LogP contribution in [0.4, 0.5) is 4.79 Å². The molecule has 112 valence electrons. The van der Waals surface area contributed by atoms with Gasteiger partial charge >= 0.3 is 12.0 Å². The Balaban J connectivity index is 2.51. The molecule has 1 heterocycles. The maximum Gasteiger partial charge on any atom is 0.337 e. The van der Waals surface area contributed by atoms with Gasteiger partial charge in [0, 0.05) is 5.70 Å². The van der Waals surface area contributed by atoms with Gasteiger partial charge in [-0.05, 0) is 24.6 Å². The number of hydrogen-bond donors (Lipinski definition) is 3. The van der Waals surface area contributed by atoms with Gasteiger partial charge in [-0.1, -0.05) is 6.07 Å². The molecule has 3 N–H and O–H groups in total. The molecular weight excluding hydrogens is 276 g/mol. The van der Waals surface area contributed by atoms with Gasteiger partial charge in [0.15, 0.2) is 11.5 Å². The molecule has 1 aliphatic rings. The van der Waals surface area contributed by atoms with Crippen LogP contribution in [0.3, 0.4) is 0 Å². The van der Waals surface area contributed by atoms with Gasteiger partial charge < -0.3 is 25.2 Å². The molecule has 0 aliphatic carbocycles. The lowest BCUT2D eigenvalue weighted by Crippen LogP contribution is -2.45. The summed E-state index contributed by atoms with van der Waals surface area (Å²) in [4.78, 5) is 23.6. The summed E-state index contributed by atoms with van der Waals surface area (Å²) in [6.45, 7) is 1.62. The lowest BCUT2D eigenvalue weighted by Gasteiger charge is -2.28. The van der Waals surface area contributed by atoms with Crippen LogP contribution in [0.5, 0.6) is 11.5 Å². The van der Waals surface area contributed by atoms with E-state index in [1.165, 1.54) is 20.3 Å². The number of hydrogen-bond acceptors (Lipinski definition) is 5. The zero-order chi connectivity index (χ0) is 15.6. The van der Waals surface area contributed by atoms with Gasteiger partial charge in [-0.3, -0.25) is 0 Å². The molecule has 0 saturated heterocycles. The number of allylic oxidation sites excluding steroid dienone is 1. The molecule has 1 aromatic rings. The number of carbonyl (C=O) groups excluding carboxylic acids is 2. The smallest absolute Gasteiger partial charge is 0.337 e. The van der Waals surface area contributed by atoms with E-state index in [-0.39, 0.29) is 11.5 Å². The number of esters is 1. The Morgan fingerprint density at radius 1 is 1.33 bits per heavy atom. The first kappa shape index (κ1) is 14.7. The number of nitrogens with one attached hydrogen (secondary N) is 2. The molecule has 7 heteroatoms. The highest BCUT2D eigenvalue weighted by Crippen LogP contribution is 2.33. The molecule has 0 radical (unpaired) electrons. The number of phenolic OH excluding ortho intramolecular Hbond substituents is 1. The van der Waals surface area contributed by atoms with Crippen molar-refractivity contribution < 1.29 is 24.2 Å². The minimum absolute atomic E-state index is 0.0261. The predicted molar refractivity (Wildman–Crippen MR) is 73.8 cm³/mol. The van der Waals surface area contributed by atoms with Crippen LogP contribution in [0.1, 0.15) is 18.5 Å². The molecular formula is C14H16N2O5. The minimum atomic E-state index is -0.680. The predicted octanol–water partition coefficient (Wildman–Crippen LogP) is 1.20. The van der Waals surface area contributed by atoms with E-state index < -0.39 is 18.0 Å². The SMILES string of the molecule is COC(=O)C1=C(C)NC(=O)NC1c1ccc(O)c(OC)c1. The van der Waals surface area contributed by atoms with Crippen LogP contribution >= 0.6 is 0 Å². The van der Waals surface area contributed by atoms with E-state index in [4.69, 9.17) is 9.47 Å². The molecule has 2 rings (SSSR count). The summed E-state index contributed by atoms with van der Waals surface area (Å²) in [5, 5.41) is 14.8. The largest absolute Gasteiger partial charge is 0.504 e. The average molecular weight is 292 g/mol. The van der Waals surface area contributed by atoms with Crippen molar-refractivity contribution in [2.45, 2.75) is 13.0 Å². The molecule has 0 spiro atoms. The van der Waals surface area contributed by atoms with Crippen LogP contribution < -0.4 is 15.4 Å². The lowest BCUT2D eigenvalue weighted by molar-refractivity contribution is -0.136. The standard InChI is InChI=1S/C14H16N2O5/c1-7-11(13(18)21-3)12(16-14(19)15-7)8-4-5-9(17)10(6-8)20-2/h4-6,12,17H,1-3H3,(H2,15,16,19). The quantitative estimate of drug-likeness (QED) is 0.727. The van der Waals surface area contributed by atoms with Gasteiger partial charge in [-0.15, -0.1) is 0 Å². The van der Waals surface area contributed by atoms with Crippen molar-refractivity contribution in [2.24, 2.45) is 0 Å². The summed E-state index contributed by atoms with van der Waals surface area (Å²) in [6, 6.07) is 3.50. The molecule has 0 bridgehead atoms. The second-order valence-electron chi connectivity index (χ2n) is 4.49. The van der Waals surface area contributed by atoms with Crippen LogP contribution in [0.2, 0.25) is 0 Å². The Labute approximate surface area is 121 Å². The van der Waals surface area contributed by atoms with E-state index in [9.17, 15) is 14.7 Å². The maximum atomic E-state index is 11.9. The van der Waals surface area contributed by atoms with Crippen molar-refractivity contribution in [1.82, 2.24) is 10.6 Å². The second-order valence-corrected chi connectivity index (χ2v) is 4.49. The molecule has 0 fully saturated rings. The lowest BCUT2D eigenvalue weighted by atomic mass is 9.95. The van der Waals surface area contributed by atoms with Crippen molar-refractivity contribution in [3.8, 4) is 11.5 Å². The van der Waals surface area contributed by atoms with E-state index in [2.05, 4.69) is 10.6 Å². The van der Waals surface area contributed by atoms with Crippen molar-refractivity contribution in [3.05, 3.63) is 35.0 Å². The van der Waals surface area contributed by atoms with E-state index >= 15 is 0 Å². The number of rotatable bonds is 3. The molecule has 0 saturated carbocycles. The maximum absolute atomic E-state index is 11.9. The molecule has 1 atom stereocenters. The third-order valence-electron chi connectivity index (χ3n) is 3.21. The molecule has 2 amide bonds. The highest BCUT2D eigenvalue weighted by Gasteiger charge is 2.32. The van der Waals surface area contributed by atoms with Crippen molar-refractivity contribution >= 4 is 12.0 Å². The zero-order valence-electron chi connectivity index (χ0n) is 11.9. The zero-order valence-corrected chi connectivity index (χ0v) is 11.9. The average Bonchev–Trinajstić information content (AvgIpc) is 2.46. The molecule has 21 heavy (non-hydrogen) atoms.